The van der Waals surface area contributed by atoms with E-state index in [-0.39, 0.29) is 5.56 Å². The van der Waals surface area contributed by atoms with Gasteiger partial charge in [0, 0.05) is 26.6 Å². The fraction of sp³-hybridized carbons (Fsp3) is 0.600. The maximum atomic E-state index is 11.9. The lowest BCUT2D eigenvalue weighted by Gasteiger charge is -2.16. The molecule has 2 heterocycles. The molecule has 0 saturated carbocycles. The number of hydrogen-bond acceptors (Lipinski definition) is 4. The molecule has 5 heteroatoms. The van der Waals surface area contributed by atoms with Gasteiger partial charge >= 0.3 is 0 Å². The van der Waals surface area contributed by atoms with Crippen molar-refractivity contribution in [2.75, 3.05) is 20.3 Å². The Morgan fingerprint density at radius 1 is 1.67 bits per heavy atom. The van der Waals surface area contributed by atoms with Crippen molar-refractivity contribution in [1.82, 2.24) is 14.9 Å². The summed E-state index contributed by atoms with van der Waals surface area (Å²) < 4.78 is 6.55. The number of nitrogens with zero attached hydrogens (tertiary/aromatic N) is 2. The Morgan fingerprint density at radius 3 is 3.33 bits per heavy atom. The molecule has 1 aromatic rings. The lowest BCUT2D eigenvalue weighted by atomic mass is 10.1. The van der Waals surface area contributed by atoms with Crippen LogP contribution in [0.15, 0.2) is 11.1 Å². The van der Waals surface area contributed by atoms with Gasteiger partial charge in [0.2, 0.25) is 0 Å². The minimum absolute atomic E-state index is 0.0595. The Labute approximate surface area is 88.1 Å². The molecule has 1 aliphatic heterocycles. The Bertz CT molecular complexity index is 400. The van der Waals surface area contributed by atoms with Crippen LogP contribution in [0.1, 0.15) is 11.3 Å². The van der Waals surface area contributed by atoms with Gasteiger partial charge in [-0.3, -0.25) is 9.36 Å². The lowest BCUT2D eigenvalue weighted by Crippen LogP contribution is -2.35. The molecule has 0 atom stereocenters. The molecule has 0 bridgehead atoms. The van der Waals surface area contributed by atoms with E-state index >= 15 is 0 Å². The third kappa shape index (κ3) is 2.08. The van der Waals surface area contributed by atoms with E-state index in [9.17, 15) is 4.79 Å². The molecule has 0 unspecified atom stereocenters. The first-order valence-electron chi connectivity index (χ1n) is 5.10. The third-order valence-electron chi connectivity index (χ3n) is 2.60. The van der Waals surface area contributed by atoms with Crippen LogP contribution in [0.4, 0.5) is 0 Å². The highest BCUT2D eigenvalue weighted by Gasteiger charge is 2.14. The minimum Gasteiger partial charge on any atom is -0.383 e. The molecule has 0 amide bonds. The first kappa shape index (κ1) is 10.3. The lowest BCUT2D eigenvalue weighted by molar-refractivity contribution is 0.185. The second-order valence-corrected chi connectivity index (χ2v) is 3.59. The van der Waals surface area contributed by atoms with Gasteiger partial charge in [0.25, 0.3) is 5.56 Å². The zero-order valence-electron chi connectivity index (χ0n) is 8.82. The number of rotatable bonds is 3. The fourth-order valence-corrected chi connectivity index (χ4v) is 1.73. The zero-order valence-corrected chi connectivity index (χ0v) is 8.82. The van der Waals surface area contributed by atoms with Crippen molar-refractivity contribution >= 4 is 0 Å². The van der Waals surface area contributed by atoms with Crippen LogP contribution in [0.3, 0.4) is 0 Å². The van der Waals surface area contributed by atoms with Crippen LogP contribution in [0.2, 0.25) is 0 Å². The van der Waals surface area contributed by atoms with E-state index in [1.165, 1.54) is 0 Å². The molecule has 0 radical (unpaired) electrons. The van der Waals surface area contributed by atoms with E-state index < -0.39 is 0 Å². The summed E-state index contributed by atoms with van der Waals surface area (Å²) in [6, 6.07) is 0. The van der Waals surface area contributed by atoms with Crippen molar-refractivity contribution in [2.24, 2.45) is 0 Å². The minimum atomic E-state index is 0.0595. The summed E-state index contributed by atoms with van der Waals surface area (Å²) in [5, 5.41) is 3.18. The van der Waals surface area contributed by atoms with Crippen molar-refractivity contribution in [1.29, 1.82) is 0 Å². The van der Waals surface area contributed by atoms with Gasteiger partial charge in [-0.05, 0) is 0 Å². The van der Waals surface area contributed by atoms with Gasteiger partial charge in [0.15, 0.2) is 0 Å². The summed E-state index contributed by atoms with van der Waals surface area (Å²) in [6.07, 6.45) is 2.46. The van der Waals surface area contributed by atoms with E-state index in [4.69, 9.17) is 4.74 Å². The molecule has 0 aromatic carbocycles. The highest BCUT2D eigenvalue weighted by atomic mass is 16.5. The van der Waals surface area contributed by atoms with Crippen LogP contribution < -0.4 is 10.9 Å². The maximum Gasteiger partial charge on any atom is 0.258 e. The van der Waals surface area contributed by atoms with Crippen LogP contribution in [-0.2, 0) is 24.2 Å². The quantitative estimate of drug-likeness (QED) is 0.731. The number of fused-ring (bicyclic) bond motifs is 1. The van der Waals surface area contributed by atoms with E-state index in [1.807, 2.05) is 0 Å². The summed E-state index contributed by atoms with van der Waals surface area (Å²) in [7, 11) is 1.62. The smallest absolute Gasteiger partial charge is 0.258 e. The monoisotopic (exact) mass is 209 g/mol. The highest BCUT2D eigenvalue weighted by molar-refractivity contribution is 5.19. The molecule has 1 aromatic heterocycles. The standard InChI is InChI=1S/C10H15N3O2/c1-15-5-4-13-7-12-9-2-3-11-6-8(9)10(13)14/h7,11H,2-6H2,1H3. The molecule has 15 heavy (non-hydrogen) atoms. The fourth-order valence-electron chi connectivity index (χ4n) is 1.73. The van der Waals surface area contributed by atoms with E-state index in [1.54, 1.807) is 18.0 Å². The van der Waals surface area contributed by atoms with Crippen molar-refractivity contribution in [3.8, 4) is 0 Å². The molecule has 0 saturated heterocycles. The summed E-state index contributed by atoms with van der Waals surface area (Å²) in [6.45, 7) is 2.64. The second kappa shape index (κ2) is 4.55. The van der Waals surface area contributed by atoms with Crippen LogP contribution in [0, 0.1) is 0 Å². The number of aromatic nitrogens is 2. The predicted octanol–water partition coefficient (Wildman–Crippen LogP) is -0.465. The first-order chi connectivity index (χ1) is 7.33. The molecule has 1 aliphatic rings. The van der Waals surface area contributed by atoms with Crippen molar-refractivity contribution < 1.29 is 4.74 Å². The van der Waals surface area contributed by atoms with Crippen LogP contribution in [0.5, 0.6) is 0 Å². The summed E-state index contributed by atoms with van der Waals surface area (Å²) in [5.41, 5.74) is 1.80. The van der Waals surface area contributed by atoms with Gasteiger partial charge in [-0.1, -0.05) is 0 Å². The molecule has 0 aliphatic carbocycles. The molecule has 5 nitrogen and oxygen atoms in total. The van der Waals surface area contributed by atoms with Gasteiger partial charge in [-0.15, -0.1) is 0 Å². The highest BCUT2D eigenvalue weighted by Crippen LogP contribution is 2.04. The van der Waals surface area contributed by atoms with Crippen LogP contribution in [0.25, 0.3) is 0 Å². The van der Waals surface area contributed by atoms with Gasteiger partial charge in [-0.2, -0.15) is 0 Å². The van der Waals surface area contributed by atoms with Crippen molar-refractivity contribution in [2.45, 2.75) is 19.5 Å². The van der Waals surface area contributed by atoms with Crippen LogP contribution in [-0.4, -0.2) is 29.8 Å². The van der Waals surface area contributed by atoms with E-state index in [0.29, 0.717) is 19.7 Å². The normalized spacial score (nSPS) is 15.0. The second-order valence-electron chi connectivity index (χ2n) is 3.59. The summed E-state index contributed by atoms with van der Waals surface area (Å²) >= 11 is 0. The topological polar surface area (TPSA) is 56.2 Å². The van der Waals surface area contributed by atoms with E-state index in [0.717, 1.165) is 24.2 Å². The third-order valence-corrected chi connectivity index (χ3v) is 2.60. The number of hydrogen-bond donors (Lipinski definition) is 1. The molecule has 82 valence electrons. The van der Waals surface area contributed by atoms with Gasteiger partial charge in [0.05, 0.1) is 30.7 Å². The summed E-state index contributed by atoms with van der Waals surface area (Å²) in [4.78, 5) is 16.2. The average molecular weight is 209 g/mol. The molecule has 0 fully saturated rings. The first-order valence-corrected chi connectivity index (χ1v) is 5.10. The summed E-state index contributed by atoms with van der Waals surface area (Å²) in [5.74, 6) is 0. The molecule has 0 spiro atoms. The maximum absolute atomic E-state index is 11.9. The van der Waals surface area contributed by atoms with E-state index in [2.05, 4.69) is 10.3 Å². The predicted molar refractivity (Wildman–Crippen MR) is 55.8 cm³/mol. The molecular weight excluding hydrogens is 194 g/mol. The molecular formula is C10H15N3O2. The Kier molecular flexibility index (Phi) is 3.13. The zero-order chi connectivity index (χ0) is 10.7. The molecule has 2 rings (SSSR count). The number of ether oxygens (including phenoxy) is 1. The van der Waals surface area contributed by atoms with Gasteiger partial charge in [-0.25, -0.2) is 4.98 Å². The van der Waals surface area contributed by atoms with Crippen molar-refractivity contribution in [3.63, 3.8) is 0 Å². The SMILES string of the molecule is COCCn1cnc2c(c1=O)CNCC2. The van der Waals surface area contributed by atoms with Crippen LogP contribution >= 0.6 is 0 Å². The number of nitrogens with one attached hydrogen (secondary N) is 1. The Balaban J connectivity index is 2.30. The largest absolute Gasteiger partial charge is 0.383 e. The molecule has 1 N–H and O–H groups in total. The Hall–Kier alpha value is -1.20. The average Bonchev–Trinajstić information content (AvgIpc) is 2.29. The van der Waals surface area contributed by atoms with Gasteiger partial charge in [0.1, 0.15) is 0 Å². The van der Waals surface area contributed by atoms with Crippen molar-refractivity contribution in [3.05, 3.63) is 27.9 Å². The Morgan fingerprint density at radius 2 is 2.53 bits per heavy atom. The van der Waals surface area contributed by atoms with Gasteiger partial charge < -0.3 is 10.1 Å². The number of methoxy groups -OCH3 is 1.